The van der Waals surface area contributed by atoms with Crippen LogP contribution < -0.4 is 9.79 Å². The maximum Gasteiger partial charge on any atom is 0.361 e. The highest BCUT2D eigenvalue weighted by atomic mass is 32.2. The lowest BCUT2D eigenvalue weighted by atomic mass is 10.2. The van der Waals surface area contributed by atoms with Crippen LogP contribution in [0.15, 0.2) is 88.7 Å². The monoisotopic (exact) mass is 460 g/mol. The van der Waals surface area contributed by atoms with Crippen molar-refractivity contribution in [3.8, 4) is 0 Å². The first-order chi connectivity index (χ1) is 14.6. The highest BCUT2D eigenvalue weighted by molar-refractivity contribution is 7.90. The maximum atomic E-state index is 12.8. The third-order valence-electron chi connectivity index (χ3n) is 4.21. The van der Waals surface area contributed by atoms with Crippen molar-refractivity contribution in [1.82, 2.24) is 4.72 Å². The van der Waals surface area contributed by atoms with Crippen LogP contribution in [0.3, 0.4) is 0 Å². The summed E-state index contributed by atoms with van der Waals surface area (Å²) in [6.07, 6.45) is 0. The van der Waals surface area contributed by atoms with Gasteiger partial charge in [0.15, 0.2) is 0 Å². The molecule has 0 saturated heterocycles. The lowest BCUT2D eigenvalue weighted by Gasteiger charge is -2.21. The van der Waals surface area contributed by atoms with E-state index in [0.29, 0.717) is 5.06 Å². The molecule has 162 valence electrons. The van der Waals surface area contributed by atoms with Crippen LogP contribution in [0.25, 0.3) is 0 Å². The fourth-order valence-corrected chi connectivity index (χ4v) is 4.37. The molecule has 0 atom stereocenters. The van der Waals surface area contributed by atoms with Crippen LogP contribution in [0.2, 0.25) is 0 Å². The van der Waals surface area contributed by atoms with Crippen molar-refractivity contribution in [2.75, 3.05) is 5.06 Å². The van der Waals surface area contributed by atoms with Crippen molar-refractivity contribution in [1.29, 1.82) is 0 Å². The molecular formula is C21H20N2O6S2. The number of hydrogen-bond donors (Lipinski definition) is 1. The first kappa shape index (κ1) is 22.5. The Morgan fingerprint density at radius 3 is 1.74 bits per heavy atom. The molecule has 8 nitrogen and oxygen atoms in total. The smallest absolute Gasteiger partial charge is 0.245 e. The van der Waals surface area contributed by atoms with Gasteiger partial charge in [-0.3, -0.25) is 0 Å². The van der Waals surface area contributed by atoms with Crippen molar-refractivity contribution in [3.05, 3.63) is 90.0 Å². The number of hydrogen-bond acceptors (Lipinski definition) is 6. The van der Waals surface area contributed by atoms with Gasteiger partial charge in [-0.2, -0.15) is 13.5 Å². The van der Waals surface area contributed by atoms with Crippen LogP contribution in [0.1, 0.15) is 11.1 Å². The van der Waals surface area contributed by atoms with E-state index in [0.717, 1.165) is 11.1 Å². The minimum Gasteiger partial charge on any atom is -0.245 e. The van der Waals surface area contributed by atoms with Gasteiger partial charge >= 0.3 is 16.1 Å². The standard InChI is InChI=1S/C21H20N2O6S2/c1-16-8-12-19(13-9-16)30(25,26)22-21(24)23(18-6-4-3-5-7-18)29-31(27,28)20-14-10-17(2)11-15-20/h3-15H,1-2H3,(H,22,24). The summed E-state index contributed by atoms with van der Waals surface area (Å²) in [5, 5.41) is 0.390. The molecule has 0 unspecified atom stereocenters. The zero-order valence-electron chi connectivity index (χ0n) is 16.7. The number of nitrogens with one attached hydrogen (secondary N) is 1. The topological polar surface area (TPSA) is 110 Å². The van der Waals surface area contributed by atoms with Gasteiger partial charge < -0.3 is 0 Å². The lowest BCUT2D eigenvalue weighted by molar-refractivity contribution is 0.219. The van der Waals surface area contributed by atoms with Gasteiger partial charge in [-0.1, -0.05) is 53.6 Å². The van der Waals surface area contributed by atoms with E-state index < -0.39 is 26.2 Å². The SMILES string of the molecule is Cc1ccc(S(=O)(=O)NC(=O)N(OS(=O)(=O)c2ccc(C)cc2)c2ccccc2)cc1. The summed E-state index contributed by atoms with van der Waals surface area (Å²) < 4.78 is 57.5. The number of para-hydroxylation sites is 1. The van der Waals surface area contributed by atoms with Gasteiger partial charge in [-0.05, 0) is 50.2 Å². The van der Waals surface area contributed by atoms with Gasteiger partial charge in [-0.25, -0.2) is 17.9 Å². The molecule has 3 rings (SSSR count). The molecule has 0 fully saturated rings. The number of hydroxylamine groups is 1. The fourth-order valence-electron chi connectivity index (χ4n) is 2.54. The van der Waals surface area contributed by atoms with E-state index in [1.165, 1.54) is 36.4 Å². The number of sulfonamides is 1. The second kappa shape index (κ2) is 8.88. The Labute approximate surface area is 181 Å². The van der Waals surface area contributed by atoms with Crippen molar-refractivity contribution >= 4 is 31.9 Å². The molecule has 3 aromatic rings. The zero-order valence-corrected chi connectivity index (χ0v) is 18.4. The number of anilines is 1. The van der Waals surface area contributed by atoms with Gasteiger partial charge in [0.1, 0.15) is 0 Å². The van der Waals surface area contributed by atoms with Crippen molar-refractivity contribution < 1.29 is 25.9 Å². The molecule has 0 aromatic heterocycles. The summed E-state index contributed by atoms with van der Waals surface area (Å²) in [5.41, 5.74) is 1.69. The van der Waals surface area contributed by atoms with E-state index in [1.54, 1.807) is 56.3 Å². The molecule has 3 aromatic carbocycles. The molecule has 31 heavy (non-hydrogen) atoms. The van der Waals surface area contributed by atoms with Gasteiger partial charge in [0.2, 0.25) is 0 Å². The van der Waals surface area contributed by atoms with Crippen molar-refractivity contribution in [3.63, 3.8) is 0 Å². The number of benzene rings is 3. The molecule has 0 aliphatic rings. The number of aryl methyl sites for hydroxylation is 2. The molecule has 0 saturated carbocycles. The summed E-state index contributed by atoms with van der Waals surface area (Å²) in [6, 6.07) is 17.9. The molecule has 0 aliphatic carbocycles. The summed E-state index contributed by atoms with van der Waals surface area (Å²) in [7, 11) is -8.70. The van der Waals surface area contributed by atoms with Crippen LogP contribution in [0, 0.1) is 13.8 Å². The zero-order chi connectivity index (χ0) is 22.6. The minimum absolute atomic E-state index is 0.0230. The molecule has 0 radical (unpaired) electrons. The van der Waals surface area contributed by atoms with Crippen LogP contribution in [-0.2, 0) is 24.4 Å². The first-order valence-electron chi connectivity index (χ1n) is 9.08. The van der Waals surface area contributed by atoms with E-state index >= 15 is 0 Å². The van der Waals surface area contributed by atoms with E-state index in [4.69, 9.17) is 4.28 Å². The Morgan fingerprint density at radius 1 is 0.742 bits per heavy atom. The van der Waals surface area contributed by atoms with Crippen LogP contribution in [0.5, 0.6) is 0 Å². The minimum atomic E-state index is -4.42. The average Bonchev–Trinajstić information content (AvgIpc) is 2.73. The summed E-state index contributed by atoms with van der Waals surface area (Å²) in [4.78, 5) is 12.5. The number of carbonyl (C=O) groups is 1. The van der Waals surface area contributed by atoms with Crippen LogP contribution in [0.4, 0.5) is 10.5 Å². The normalized spacial score (nSPS) is 11.7. The molecule has 0 spiro atoms. The van der Waals surface area contributed by atoms with Gasteiger partial charge in [0, 0.05) is 0 Å². The molecule has 0 aliphatic heterocycles. The van der Waals surface area contributed by atoms with E-state index in [1.807, 2.05) is 4.72 Å². The van der Waals surface area contributed by atoms with Crippen molar-refractivity contribution in [2.45, 2.75) is 23.6 Å². The first-order valence-corrected chi connectivity index (χ1v) is 12.0. The average molecular weight is 461 g/mol. The van der Waals surface area contributed by atoms with E-state index in [2.05, 4.69) is 0 Å². The molecule has 2 amide bonds. The predicted molar refractivity (Wildman–Crippen MR) is 115 cm³/mol. The summed E-state index contributed by atoms with van der Waals surface area (Å²) >= 11 is 0. The Bertz CT molecular complexity index is 1270. The molecule has 0 heterocycles. The Kier molecular flexibility index (Phi) is 6.44. The Balaban J connectivity index is 1.93. The maximum absolute atomic E-state index is 12.8. The predicted octanol–water partition coefficient (Wildman–Crippen LogP) is 3.53. The van der Waals surface area contributed by atoms with E-state index in [-0.39, 0.29) is 15.5 Å². The lowest BCUT2D eigenvalue weighted by Crippen LogP contribution is -2.44. The second-order valence-corrected chi connectivity index (χ2v) is 9.91. The third kappa shape index (κ3) is 5.48. The van der Waals surface area contributed by atoms with Gasteiger partial charge in [-0.15, -0.1) is 4.28 Å². The van der Waals surface area contributed by atoms with Crippen molar-refractivity contribution in [2.24, 2.45) is 0 Å². The molecular weight excluding hydrogens is 440 g/mol. The molecule has 1 N–H and O–H groups in total. The van der Waals surface area contributed by atoms with Crippen LogP contribution in [-0.4, -0.2) is 22.9 Å². The second-order valence-electron chi connectivity index (χ2n) is 6.70. The molecule has 10 heteroatoms. The fraction of sp³-hybridized carbons (Fsp3) is 0.0952. The largest absolute Gasteiger partial charge is 0.361 e. The van der Waals surface area contributed by atoms with Gasteiger partial charge in [0.25, 0.3) is 10.0 Å². The Morgan fingerprint density at radius 2 is 1.23 bits per heavy atom. The highest BCUT2D eigenvalue weighted by Gasteiger charge is 2.29. The number of amides is 2. The highest BCUT2D eigenvalue weighted by Crippen LogP contribution is 2.21. The summed E-state index contributed by atoms with van der Waals surface area (Å²) in [5.74, 6) is 0. The Hall–Kier alpha value is -3.21. The van der Waals surface area contributed by atoms with Gasteiger partial charge in [0.05, 0.1) is 15.5 Å². The number of nitrogens with zero attached hydrogens (tertiary/aromatic N) is 1. The third-order valence-corrected chi connectivity index (χ3v) is 6.74. The summed E-state index contributed by atoms with van der Waals surface area (Å²) in [6.45, 7) is 3.58. The molecule has 0 bridgehead atoms. The van der Waals surface area contributed by atoms with E-state index in [9.17, 15) is 21.6 Å². The van der Waals surface area contributed by atoms with Crippen LogP contribution >= 0.6 is 0 Å². The quantitative estimate of drug-likeness (QED) is 0.564. The number of rotatable bonds is 6. The number of carbonyl (C=O) groups excluding carboxylic acids is 1. The number of urea groups is 1.